The number of oxazole rings is 1. The van der Waals surface area contributed by atoms with Gasteiger partial charge in [0, 0.05) is 10.6 Å². The molecule has 0 saturated carbocycles. The molecule has 3 aromatic heterocycles. The first-order valence-electron chi connectivity index (χ1n) is 9.63. The fraction of sp³-hybridized carbons (Fsp3) is 0.0870. The molecule has 3 heterocycles. The van der Waals surface area contributed by atoms with Crippen molar-refractivity contribution < 1.29 is 13.2 Å². The van der Waals surface area contributed by atoms with E-state index >= 15 is 0 Å². The van der Waals surface area contributed by atoms with Crippen LogP contribution < -0.4 is 5.56 Å². The first-order chi connectivity index (χ1) is 15.6. The van der Waals surface area contributed by atoms with E-state index in [1.807, 2.05) is 0 Å². The molecule has 160 valence electrons. The third-order valence-electron chi connectivity index (χ3n) is 4.78. The first-order valence-corrected chi connectivity index (χ1v) is 11.0. The standard InChI is InChI=1S/C23H15ClFN3O3S/c24-15-5-8-18-19(10-15)27-23(28(22(18)29)12-17-2-1-9-30-17)32-13-21-26-11-20(31-21)14-3-6-16(25)7-4-14/h1-11H,12-13H2. The van der Waals surface area contributed by atoms with Crippen molar-refractivity contribution in [2.75, 3.05) is 0 Å². The summed E-state index contributed by atoms with van der Waals surface area (Å²) in [5.74, 6) is 1.66. The molecule has 0 aliphatic rings. The predicted octanol–water partition coefficient (Wildman–Crippen LogP) is 5.78. The maximum atomic E-state index is 13.2. The van der Waals surface area contributed by atoms with Gasteiger partial charge < -0.3 is 8.83 Å². The minimum atomic E-state index is -0.318. The minimum Gasteiger partial charge on any atom is -0.467 e. The topological polar surface area (TPSA) is 74.1 Å². The molecule has 6 nitrogen and oxygen atoms in total. The SMILES string of the molecule is O=c1c2ccc(Cl)cc2nc(SCc2ncc(-c3ccc(F)cc3)o2)n1Cc1ccco1. The van der Waals surface area contributed by atoms with Crippen LogP contribution in [0.3, 0.4) is 0 Å². The van der Waals surface area contributed by atoms with E-state index in [9.17, 15) is 9.18 Å². The van der Waals surface area contributed by atoms with Crippen LogP contribution >= 0.6 is 23.4 Å². The maximum Gasteiger partial charge on any atom is 0.262 e. The quantitative estimate of drug-likeness (QED) is 0.233. The number of hydrogen-bond acceptors (Lipinski definition) is 6. The number of furan rings is 1. The van der Waals surface area contributed by atoms with E-state index in [2.05, 4.69) is 9.97 Å². The van der Waals surface area contributed by atoms with Crippen LogP contribution in [0.5, 0.6) is 0 Å². The van der Waals surface area contributed by atoms with Gasteiger partial charge in [0.25, 0.3) is 5.56 Å². The Hall–Kier alpha value is -3.36. The molecule has 0 amide bonds. The zero-order chi connectivity index (χ0) is 22.1. The highest BCUT2D eigenvalue weighted by Crippen LogP contribution is 2.27. The van der Waals surface area contributed by atoms with Gasteiger partial charge in [0.1, 0.15) is 11.6 Å². The Bertz CT molecular complexity index is 1450. The van der Waals surface area contributed by atoms with E-state index in [1.54, 1.807) is 59.5 Å². The molecule has 0 aliphatic carbocycles. The Kier molecular flexibility index (Phi) is 5.55. The molecule has 0 atom stereocenters. The molecule has 5 aromatic rings. The molecular weight excluding hydrogens is 453 g/mol. The van der Waals surface area contributed by atoms with Gasteiger partial charge in [-0.2, -0.15) is 0 Å². The lowest BCUT2D eigenvalue weighted by molar-refractivity contribution is 0.476. The number of nitrogens with zero attached hydrogens (tertiary/aromatic N) is 3. The Morgan fingerprint density at radius 1 is 1.12 bits per heavy atom. The summed E-state index contributed by atoms with van der Waals surface area (Å²) in [7, 11) is 0. The smallest absolute Gasteiger partial charge is 0.262 e. The Morgan fingerprint density at radius 2 is 1.97 bits per heavy atom. The van der Waals surface area contributed by atoms with Crippen LogP contribution in [-0.2, 0) is 12.3 Å². The van der Waals surface area contributed by atoms with Crippen LogP contribution in [0.15, 0.2) is 85.8 Å². The Balaban J connectivity index is 1.46. The van der Waals surface area contributed by atoms with Crippen LogP contribution in [-0.4, -0.2) is 14.5 Å². The fourth-order valence-corrected chi connectivity index (χ4v) is 4.25. The molecule has 9 heteroatoms. The number of fused-ring (bicyclic) bond motifs is 1. The van der Waals surface area contributed by atoms with Gasteiger partial charge in [-0.3, -0.25) is 9.36 Å². The van der Waals surface area contributed by atoms with Crippen molar-refractivity contribution in [2.45, 2.75) is 17.5 Å². The Labute approximate surface area is 190 Å². The molecule has 0 fully saturated rings. The van der Waals surface area contributed by atoms with Crippen molar-refractivity contribution in [1.82, 2.24) is 14.5 Å². The Morgan fingerprint density at radius 3 is 2.75 bits per heavy atom. The van der Waals surface area contributed by atoms with Crippen LogP contribution in [0.1, 0.15) is 11.7 Å². The van der Waals surface area contributed by atoms with Crippen LogP contribution in [0.2, 0.25) is 5.02 Å². The molecule has 0 radical (unpaired) electrons. The maximum absolute atomic E-state index is 13.2. The number of aromatic nitrogens is 3. The molecule has 5 rings (SSSR count). The normalized spacial score (nSPS) is 11.3. The van der Waals surface area contributed by atoms with Gasteiger partial charge in [0.15, 0.2) is 10.9 Å². The molecule has 0 aliphatic heterocycles. The van der Waals surface area contributed by atoms with E-state index in [0.29, 0.717) is 44.2 Å². The largest absolute Gasteiger partial charge is 0.467 e. The third kappa shape index (κ3) is 4.19. The van der Waals surface area contributed by atoms with Crippen molar-refractivity contribution in [1.29, 1.82) is 0 Å². The van der Waals surface area contributed by atoms with Crippen LogP contribution in [0.4, 0.5) is 4.39 Å². The highest BCUT2D eigenvalue weighted by atomic mass is 35.5. The molecule has 2 aromatic carbocycles. The van der Waals surface area contributed by atoms with Gasteiger partial charge in [-0.15, -0.1) is 0 Å². The number of hydrogen-bond donors (Lipinski definition) is 0. The van der Waals surface area contributed by atoms with Crippen molar-refractivity contribution in [3.8, 4) is 11.3 Å². The summed E-state index contributed by atoms with van der Waals surface area (Å²) in [4.78, 5) is 22.1. The molecular formula is C23H15ClFN3O3S. The van der Waals surface area contributed by atoms with Crippen molar-refractivity contribution in [3.05, 3.63) is 99.9 Å². The highest BCUT2D eigenvalue weighted by Gasteiger charge is 2.15. The summed E-state index contributed by atoms with van der Waals surface area (Å²) in [5, 5.41) is 1.46. The van der Waals surface area contributed by atoms with Gasteiger partial charge in [0.05, 0.1) is 35.7 Å². The second-order valence-corrected chi connectivity index (χ2v) is 8.32. The third-order valence-corrected chi connectivity index (χ3v) is 5.98. The lowest BCUT2D eigenvalue weighted by Gasteiger charge is -2.11. The average molecular weight is 468 g/mol. The summed E-state index contributed by atoms with van der Waals surface area (Å²) in [6.07, 6.45) is 3.15. The zero-order valence-electron chi connectivity index (χ0n) is 16.5. The number of halogens is 2. The number of thioether (sulfide) groups is 1. The molecule has 0 unspecified atom stereocenters. The fourth-order valence-electron chi connectivity index (χ4n) is 3.23. The van der Waals surface area contributed by atoms with Crippen LogP contribution in [0.25, 0.3) is 22.2 Å². The molecule has 32 heavy (non-hydrogen) atoms. The summed E-state index contributed by atoms with van der Waals surface area (Å²) < 4.78 is 25.9. The summed E-state index contributed by atoms with van der Waals surface area (Å²) in [6.45, 7) is 0.242. The van der Waals surface area contributed by atoms with Crippen molar-refractivity contribution in [2.24, 2.45) is 0 Å². The second kappa shape index (κ2) is 8.64. The first kappa shape index (κ1) is 20.5. The van der Waals surface area contributed by atoms with Crippen LogP contribution in [0, 0.1) is 5.82 Å². The van der Waals surface area contributed by atoms with Gasteiger partial charge in [-0.25, -0.2) is 14.4 Å². The lowest BCUT2D eigenvalue weighted by atomic mass is 10.2. The van der Waals surface area contributed by atoms with Gasteiger partial charge in [-0.05, 0) is 54.6 Å². The number of benzene rings is 2. The lowest BCUT2D eigenvalue weighted by Crippen LogP contribution is -2.23. The predicted molar refractivity (Wildman–Crippen MR) is 120 cm³/mol. The van der Waals surface area contributed by atoms with Gasteiger partial charge in [-0.1, -0.05) is 23.4 Å². The summed E-state index contributed by atoms with van der Waals surface area (Å²) >= 11 is 7.42. The minimum absolute atomic E-state index is 0.190. The highest BCUT2D eigenvalue weighted by molar-refractivity contribution is 7.98. The van der Waals surface area contributed by atoms with E-state index in [4.69, 9.17) is 20.4 Å². The summed E-state index contributed by atoms with van der Waals surface area (Å²) in [6, 6.07) is 14.6. The number of rotatable bonds is 6. The van der Waals surface area contributed by atoms with E-state index < -0.39 is 0 Å². The molecule has 0 saturated heterocycles. The van der Waals surface area contributed by atoms with Gasteiger partial charge in [0.2, 0.25) is 5.89 Å². The van der Waals surface area contributed by atoms with E-state index in [0.717, 1.165) is 5.56 Å². The molecule has 0 spiro atoms. The van der Waals surface area contributed by atoms with E-state index in [-0.39, 0.29) is 17.9 Å². The van der Waals surface area contributed by atoms with Crippen molar-refractivity contribution >= 4 is 34.3 Å². The monoisotopic (exact) mass is 467 g/mol. The van der Waals surface area contributed by atoms with Crippen molar-refractivity contribution in [3.63, 3.8) is 0 Å². The molecule has 0 N–H and O–H groups in total. The summed E-state index contributed by atoms with van der Waals surface area (Å²) in [5.41, 5.74) is 1.05. The zero-order valence-corrected chi connectivity index (χ0v) is 18.1. The average Bonchev–Trinajstić information content (AvgIpc) is 3.47. The second-order valence-electron chi connectivity index (χ2n) is 6.94. The molecule has 0 bridgehead atoms. The van der Waals surface area contributed by atoms with Gasteiger partial charge >= 0.3 is 0 Å². The van der Waals surface area contributed by atoms with E-state index in [1.165, 1.54) is 23.9 Å².